The third-order valence-electron chi connectivity index (χ3n) is 3.62. The largest absolute Gasteiger partial charge is 0.489 e. The summed E-state index contributed by atoms with van der Waals surface area (Å²) in [5.74, 6) is 1.24. The van der Waals surface area contributed by atoms with Gasteiger partial charge in [-0.15, -0.1) is 0 Å². The molecule has 0 bridgehead atoms. The van der Waals surface area contributed by atoms with E-state index in [0.717, 1.165) is 22.6 Å². The molecule has 0 saturated heterocycles. The molecule has 1 aliphatic rings. The van der Waals surface area contributed by atoms with Crippen molar-refractivity contribution >= 4 is 5.91 Å². The molecule has 2 aromatic carbocycles. The van der Waals surface area contributed by atoms with Crippen LogP contribution >= 0.6 is 0 Å². The molecular weight excluding hydrogens is 294 g/mol. The van der Waals surface area contributed by atoms with E-state index in [1.165, 1.54) is 0 Å². The first kappa shape index (κ1) is 15.4. The van der Waals surface area contributed by atoms with Crippen LogP contribution in [0.25, 0.3) is 0 Å². The predicted octanol–water partition coefficient (Wildman–Crippen LogP) is 2.03. The number of rotatable bonds is 6. The molecule has 1 amide bonds. The number of carbonyl (C=O) groups excluding carboxylic acids is 1. The van der Waals surface area contributed by atoms with Crippen LogP contribution in [-0.2, 0) is 17.8 Å². The normalized spacial score (nSPS) is 15.6. The van der Waals surface area contributed by atoms with Gasteiger partial charge in [0.15, 0.2) is 6.23 Å². The zero-order valence-corrected chi connectivity index (χ0v) is 12.7. The Morgan fingerprint density at radius 1 is 1.26 bits per heavy atom. The van der Waals surface area contributed by atoms with Gasteiger partial charge in [-0.05, 0) is 11.6 Å². The fraction of sp³-hybridized carbons (Fsp3) is 0.278. The summed E-state index contributed by atoms with van der Waals surface area (Å²) in [6, 6.07) is 15.6. The Morgan fingerprint density at radius 3 is 2.87 bits per heavy atom. The van der Waals surface area contributed by atoms with Gasteiger partial charge in [0.2, 0.25) is 5.91 Å². The zero-order valence-electron chi connectivity index (χ0n) is 12.7. The van der Waals surface area contributed by atoms with Crippen molar-refractivity contribution in [2.45, 2.75) is 25.7 Å². The summed E-state index contributed by atoms with van der Waals surface area (Å²) in [6.45, 7) is 0.333. The van der Waals surface area contributed by atoms with Crippen LogP contribution < -0.4 is 14.8 Å². The number of aliphatic hydroxyl groups is 1. The standard InChI is InChI=1S/C18H19NO4/c20-9-8-17(21)19-18-10-14-6-7-15(11-16(14)23-18)22-12-13-4-2-1-3-5-13/h1-7,11,18,20H,8-10,12H2,(H,19,21). The molecule has 5 nitrogen and oxygen atoms in total. The summed E-state index contributed by atoms with van der Waals surface area (Å²) in [5.41, 5.74) is 2.13. The third-order valence-corrected chi connectivity index (χ3v) is 3.62. The van der Waals surface area contributed by atoms with Crippen LogP contribution in [0.2, 0.25) is 0 Å². The number of nitrogens with one attached hydrogen (secondary N) is 1. The number of benzene rings is 2. The number of carbonyl (C=O) groups is 1. The van der Waals surface area contributed by atoms with Gasteiger partial charge in [0.1, 0.15) is 18.1 Å². The molecule has 120 valence electrons. The average Bonchev–Trinajstić information content (AvgIpc) is 2.95. The Morgan fingerprint density at radius 2 is 2.09 bits per heavy atom. The summed E-state index contributed by atoms with van der Waals surface area (Å²) >= 11 is 0. The number of aliphatic hydroxyl groups excluding tert-OH is 1. The monoisotopic (exact) mass is 313 g/mol. The number of amides is 1. The molecule has 1 atom stereocenters. The average molecular weight is 313 g/mol. The first-order valence-corrected chi connectivity index (χ1v) is 7.61. The predicted molar refractivity (Wildman–Crippen MR) is 85.2 cm³/mol. The minimum absolute atomic E-state index is 0.0850. The Hall–Kier alpha value is -2.53. The van der Waals surface area contributed by atoms with Crippen LogP contribution in [0.15, 0.2) is 48.5 Å². The lowest BCUT2D eigenvalue weighted by Crippen LogP contribution is -2.38. The van der Waals surface area contributed by atoms with Crippen molar-refractivity contribution in [3.8, 4) is 11.5 Å². The minimum Gasteiger partial charge on any atom is -0.489 e. The van der Waals surface area contributed by atoms with Crippen LogP contribution in [-0.4, -0.2) is 23.8 Å². The van der Waals surface area contributed by atoms with Crippen LogP contribution in [0.1, 0.15) is 17.5 Å². The number of fused-ring (bicyclic) bond motifs is 1. The van der Waals surface area contributed by atoms with Gasteiger partial charge in [-0.2, -0.15) is 0 Å². The molecule has 1 heterocycles. The van der Waals surface area contributed by atoms with E-state index >= 15 is 0 Å². The van der Waals surface area contributed by atoms with E-state index < -0.39 is 0 Å². The topological polar surface area (TPSA) is 67.8 Å². The van der Waals surface area contributed by atoms with Crippen molar-refractivity contribution in [2.24, 2.45) is 0 Å². The highest BCUT2D eigenvalue weighted by Crippen LogP contribution is 2.32. The SMILES string of the molecule is O=C(CCO)NC1Cc2ccc(OCc3ccccc3)cc2O1. The lowest BCUT2D eigenvalue weighted by molar-refractivity contribution is -0.123. The van der Waals surface area contributed by atoms with Crippen molar-refractivity contribution in [1.29, 1.82) is 0 Å². The molecule has 1 aliphatic heterocycles. The number of hydrogen-bond acceptors (Lipinski definition) is 4. The lowest BCUT2D eigenvalue weighted by Gasteiger charge is -2.12. The van der Waals surface area contributed by atoms with Crippen molar-refractivity contribution < 1.29 is 19.4 Å². The van der Waals surface area contributed by atoms with Gasteiger partial charge in [-0.25, -0.2) is 0 Å². The fourth-order valence-corrected chi connectivity index (χ4v) is 2.47. The summed E-state index contributed by atoms with van der Waals surface area (Å²) in [4.78, 5) is 11.5. The van der Waals surface area contributed by atoms with E-state index in [4.69, 9.17) is 14.6 Å². The second kappa shape index (κ2) is 7.15. The van der Waals surface area contributed by atoms with Gasteiger partial charge in [-0.3, -0.25) is 4.79 Å². The first-order chi connectivity index (χ1) is 11.2. The number of ether oxygens (including phenoxy) is 2. The van der Waals surface area contributed by atoms with Crippen molar-refractivity contribution in [2.75, 3.05) is 6.61 Å². The number of hydrogen-bond donors (Lipinski definition) is 2. The molecule has 0 fully saturated rings. The second-order valence-electron chi connectivity index (χ2n) is 5.40. The van der Waals surface area contributed by atoms with Crippen molar-refractivity contribution in [1.82, 2.24) is 5.32 Å². The molecule has 3 rings (SSSR count). The molecule has 23 heavy (non-hydrogen) atoms. The highest BCUT2D eigenvalue weighted by atomic mass is 16.5. The Kier molecular flexibility index (Phi) is 4.78. The Bertz CT molecular complexity index is 672. The van der Waals surface area contributed by atoms with Gasteiger partial charge in [0.05, 0.1) is 6.61 Å². The summed E-state index contributed by atoms with van der Waals surface area (Å²) in [6.07, 6.45) is 0.320. The molecule has 0 radical (unpaired) electrons. The fourth-order valence-electron chi connectivity index (χ4n) is 2.47. The highest BCUT2D eigenvalue weighted by Gasteiger charge is 2.24. The molecule has 0 aromatic heterocycles. The summed E-state index contributed by atoms with van der Waals surface area (Å²) in [5, 5.41) is 11.5. The Balaban J connectivity index is 1.58. The second-order valence-corrected chi connectivity index (χ2v) is 5.40. The van der Waals surface area contributed by atoms with E-state index in [2.05, 4.69) is 5.32 Å². The van der Waals surface area contributed by atoms with Crippen LogP contribution in [0, 0.1) is 0 Å². The molecule has 0 aliphatic carbocycles. The molecule has 5 heteroatoms. The first-order valence-electron chi connectivity index (χ1n) is 7.61. The van der Waals surface area contributed by atoms with Crippen LogP contribution in [0.3, 0.4) is 0 Å². The molecule has 0 saturated carbocycles. The van der Waals surface area contributed by atoms with E-state index in [9.17, 15) is 4.79 Å². The van der Waals surface area contributed by atoms with E-state index in [0.29, 0.717) is 13.0 Å². The van der Waals surface area contributed by atoms with Crippen molar-refractivity contribution in [3.05, 3.63) is 59.7 Å². The summed E-state index contributed by atoms with van der Waals surface area (Å²) in [7, 11) is 0. The smallest absolute Gasteiger partial charge is 0.225 e. The molecule has 2 aromatic rings. The van der Waals surface area contributed by atoms with E-state index in [-0.39, 0.29) is 25.2 Å². The van der Waals surface area contributed by atoms with E-state index in [1.54, 1.807) is 0 Å². The quantitative estimate of drug-likeness (QED) is 0.856. The highest BCUT2D eigenvalue weighted by molar-refractivity contribution is 5.76. The molecular formula is C18H19NO4. The zero-order chi connectivity index (χ0) is 16.1. The van der Waals surface area contributed by atoms with Gasteiger partial charge < -0.3 is 19.9 Å². The maximum atomic E-state index is 11.5. The molecule has 1 unspecified atom stereocenters. The van der Waals surface area contributed by atoms with Gasteiger partial charge in [0, 0.05) is 24.5 Å². The minimum atomic E-state index is -0.381. The van der Waals surface area contributed by atoms with Crippen LogP contribution in [0.5, 0.6) is 11.5 Å². The van der Waals surface area contributed by atoms with E-state index in [1.807, 2.05) is 48.5 Å². The van der Waals surface area contributed by atoms with Crippen LogP contribution in [0.4, 0.5) is 0 Å². The summed E-state index contributed by atoms with van der Waals surface area (Å²) < 4.78 is 11.5. The van der Waals surface area contributed by atoms with Gasteiger partial charge >= 0.3 is 0 Å². The third kappa shape index (κ3) is 4.02. The maximum Gasteiger partial charge on any atom is 0.225 e. The van der Waals surface area contributed by atoms with Gasteiger partial charge in [0.25, 0.3) is 0 Å². The van der Waals surface area contributed by atoms with Gasteiger partial charge in [-0.1, -0.05) is 36.4 Å². The molecule has 2 N–H and O–H groups in total. The Labute approximate surface area is 134 Å². The maximum absolute atomic E-state index is 11.5. The van der Waals surface area contributed by atoms with Crippen molar-refractivity contribution in [3.63, 3.8) is 0 Å². The molecule has 0 spiro atoms. The lowest BCUT2D eigenvalue weighted by atomic mass is 10.1.